The van der Waals surface area contributed by atoms with Gasteiger partial charge in [0.05, 0.1) is 0 Å². The molecule has 1 heterocycles. The summed E-state index contributed by atoms with van der Waals surface area (Å²) in [5.41, 5.74) is 6.55. The third-order valence-corrected chi connectivity index (χ3v) is 3.96. The topological polar surface area (TPSA) is 87.7 Å². The quantitative estimate of drug-likeness (QED) is 0.329. The van der Waals surface area contributed by atoms with Crippen molar-refractivity contribution in [3.8, 4) is 0 Å². The number of benzene rings is 1. The number of rotatable bonds is 3. The second kappa shape index (κ2) is 5.77. The summed E-state index contributed by atoms with van der Waals surface area (Å²) >= 11 is 1.84. The molecule has 1 unspecified atom stereocenters. The lowest BCUT2D eigenvalue weighted by atomic mass is 10.1. The summed E-state index contributed by atoms with van der Waals surface area (Å²) in [6.07, 6.45) is 1.01. The molecule has 2 rings (SSSR count). The number of amides is 1. The smallest absolute Gasteiger partial charge is 0.251 e. The molecule has 1 aromatic carbocycles. The van der Waals surface area contributed by atoms with Crippen LogP contribution in [0.15, 0.2) is 29.4 Å². The third-order valence-electron chi connectivity index (χ3n) is 2.79. The van der Waals surface area contributed by atoms with Gasteiger partial charge in [-0.15, -0.1) is 0 Å². The molecule has 0 radical (unpaired) electrons. The van der Waals surface area contributed by atoms with Crippen LogP contribution in [0.5, 0.6) is 0 Å². The van der Waals surface area contributed by atoms with Crippen LogP contribution in [-0.4, -0.2) is 34.5 Å². The molecule has 1 fully saturated rings. The number of thioether (sulfide) groups is 1. The van der Waals surface area contributed by atoms with Gasteiger partial charge in [0.1, 0.15) is 0 Å². The van der Waals surface area contributed by atoms with Gasteiger partial charge in [-0.25, -0.2) is 0 Å². The number of nitrogens with zero attached hydrogens (tertiary/aromatic N) is 1. The average molecular weight is 265 g/mol. The van der Waals surface area contributed by atoms with E-state index in [1.165, 1.54) is 0 Å². The van der Waals surface area contributed by atoms with Crippen LogP contribution in [0.25, 0.3) is 0 Å². The first-order valence-corrected chi connectivity index (χ1v) is 6.82. The van der Waals surface area contributed by atoms with E-state index < -0.39 is 0 Å². The van der Waals surface area contributed by atoms with Crippen LogP contribution in [0, 0.1) is 0 Å². The lowest BCUT2D eigenvalue weighted by Gasteiger charge is -2.11. The van der Waals surface area contributed by atoms with Crippen molar-refractivity contribution in [2.75, 3.05) is 11.5 Å². The minimum atomic E-state index is -0.116. The fourth-order valence-corrected chi connectivity index (χ4v) is 2.95. The Balaban J connectivity index is 2.10. The minimum absolute atomic E-state index is 0.000993. The Morgan fingerprint density at radius 2 is 2.28 bits per heavy atom. The van der Waals surface area contributed by atoms with Gasteiger partial charge in [0, 0.05) is 22.9 Å². The first-order valence-electron chi connectivity index (χ1n) is 5.67. The van der Waals surface area contributed by atoms with Gasteiger partial charge in [0.2, 0.25) is 0 Å². The highest BCUT2D eigenvalue weighted by Gasteiger charge is 2.18. The van der Waals surface area contributed by atoms with E-state index in [2.05, 4.69) is 10.5 Å². The Morgan fingerprint density at radius 3 is 2.94 bits per heavy atom. The van der Waals surface area contributed by atoms with Crippen LogP contribution in [-0.2, 0) is 0 Å². The van der Waals surface area contributed by atoms with Gasteiger partial charge in [-0.3, -0.25) is 4.79 Å². The maximum absolute atomic E-state index is 12.0. The van der Waals surface area contributed by atoms with Crippen molar-refractivity contribution in [2.45, 2.75) is 12.5 Å². The summed E-state index contributed by atoms with van der Waals surface area (Å²) < 4.78 is 0. The monoisotopic (exact) mass is 265 g/mol. The molecule has 0 saturated carbocycles. The molecule has 1 aliphatic rings. The van der Waals surface area contributed by atoms with Crippen molar-refractivity contribution < 1.29 is 10.0 Å². The van der Waals surface area contributed by atoms with Crippen molar-refractivity contribution in [3.05, 3.63) is 35.4 Å². The van der Waals surface area contributed by atoms with E-state index in [1.54, 1.807) is 24.3 Å². The molecule has 0 aliphatic carbocycles. The Morgan fingerprint density at radius 1 is 1.50 bits per heavy atom. The zero-order chi connectivity index (χ0) is 13.0. The molecular formula is C12H15N3O2S. The Bertz CT molecular complexity index is 470. The summed E-state index contributed by atoms with van der Waals surface area (Å²) in [5.74, 6) is 1.94. The zero-order valence-corrected chi connectivity index (χ0v) is 10.6. The molecule has 18 heavy (non-hydrogen) atoms. The van der Waals surface area contributed by atoms with E-state index in [1.807, 2.05) is 11.8 Å². The van der Waals surface area contributed by atoms with E-state index in [-0.39, 0.29) is 17.8 Å². The predicted octanol–water partition coefficient (Wildman–Crippen LogP) is 1.02. The van der Waals surface area contributed by atoms with Gasteiger partial charge in [-0.2, -0.15) is 11.8 Å². The minimum Gasteiger partial charge on any atom is -0.409 e. The number of hydrogen-bond donors (Lipinski definition) is 3. The Hall–Kier alpha value is -1.69. The van der Waals surface area contributed by atoms with Gasteiger partial charge in [0.25, 0.3) is 5.91 Å². The highest BCUT2D eigenvalue weighted by Crippen LogP contribution is 2.17. The molecule has 1 atom stereocenters. The standard InChI is InChI=1S/C12H15N3O2S/c13-11(15-17)8-2-1-3-9(6-8)12(16)14-10-4-5-18-7-10/h1-3,6,10,17H,4-5,7H2,(H2,13,15)(H,14,16). The lowest BCUT2D eigenvalue weighted by Crippen LogP contribution is -2.34. The van der Waals surface area contributed by atoms with E-state index in [0.717, 1.165) is 17.9 Å². The molecule has 0 spiro atoms. The van der Waals surface area contributed by atoms with Gasteiger partial charge in [-0.05, 0) is 24.3 Å². The number of oxime groups is 1. The van der Waals surface area contributed by atoms with E-state index >= 15 is 0 Å². The predicted molar refractivity (Wildman–Crippen MR) is 72.1 cm³/mol. The van der Waals surface area contributed by atoms with Crippen molar-refractivity contribution in [2.24, 2.45) is 10.9 Å². The normalized spacial score (nSPS) is 19.8. The molecule has 4 N–H and O–H groups in total. The number of nitrogens with one attached hydrogen (secondary N) is 1. The summed E-state index contributed by atoms with van der Waals surface area (Å²) in [6, 6.07) is 6.98. The Labute approximate surface area is 109 Å². The van der Waals surface area contributed by atoms with Crippen LogP contribution >= 0.6 is 11.8 Å². The molecule has 5 nitrogen and oxygen atoms in total. The largest absolute Gasteiger partial charge is 0.409 e. The molecular weight excluding hydrogens is 250 g/mol. The number of carbonyl (C=O) groups is 1. The number of carbonyl (C=O) groups excluding carboxylic acids is 1. The SMILES string of the molecule is N/C(=N/O)c1cccc(C(=O)NC2CCSC2)c1. The lowest BCUT2D eigenvalue weighted by molar-refractivity contribution is 0.0941. The van der Waals surface area contributed by atoms with E-state index in [4.69, 9.17) is 10.9 Å². The summed E-state index contributed by atoms with van der Waals surface area (Å²) in [4.78, 5) is 12.0. The number of hydrogen-bond acceptors (Lipinski definition) is 4. The Kier molecular flexibility index (Phi) is 4.09. The van der Waals surface area contributed by atoms with Gasteiger partial charge in [-0.1, -0.05) is 17.3 Å². The van der Waals surface area contributed by atoms with Crippen molar-refractivity contribution in [3.63, 3.8) is 0 Å². The summed E-state index contributed by atoms with van der Waals surface area (Å²) in [7, 11) is 0. The fraction of sp³-hybridized carbons (Fsp3) is 0.333. The maximum atomic E-state index is 12.0. The van der Waals surface area contributed by atoms with Crippen LogP contribution in [0.3, 0.4) is 0 Å². The molecule has 1 aromatic rings. The van der Waals surface area contributed by atoms with E-state index in [0.29, 0.717) is 11.1 Å². The van der Waals surface area contributed by atoms with Gasteiger partial charge >= 0.3 is 0 Å². The molecule has 1 saturated heterocycles. The second-order valence-corrected chi connectivity index (χ2v) is 5.25. The molecule has 0 bridgehead atoms. The molecule has 0 aromatic heterocycles. The average Bonchev–Trinajstić information content (AvgIpc) is 2.90. The summed E-state index contributed by atoms with van der Waals surface area (Å²) in [5, 5.41) is 14.5. The molecule has 1 amide bonds. The second-order valence-electron chi connectivity index (χ2n) is 4.10. The van der Waals surface area contributed by atoms with Crippen molar-refractivity contribution in [1.82, 2.24) is 5.32 Å². The van der Waals surface area contributed by atoms with Crippen LogP contribution in [0.4, 0.5) is 0 Å². The van der Waals surface area contributed by atoms with Crippen molar-refractivity contribution in [1.29, 1.82) is 0 Å². The van der Waals surface area contributed by atoms with Gasteiger partial charge in [0.15, 0.2) is 5.84 Å². The van der Waals surface area contributed by atoms with Crippen molar-refractivity contribution >= 4 is 23.5 Å². The fourth-order valence-electron chi connectivity index (χ4n) is 1.79. The van der Waals surface area contributed by atoms with Crippen LogP contribution < -0.4 is 11.1 Å². The summed E-state index contributed by atoms with van der Waals surface area (Å²) in [6.45, 7) is 0. The highest BCUT2D eigenvalue weighted by atomic mass is 32.2. The molecule has 1 aliphatic heterocycles. The third kappa shape index (κ3) is 2.95. The number of amidine groups is 1. The molecule has 96 valence electrons. The number of nitrogens with two attached hydrogens (primary N) is 1. The first kappa shape index (κ1) is 12.8. The van der Waals surface area contributed by atoms with Crippen LogP contribution in [0.2, 0.25) is 0 Å². The zero-order valence-electron chi connectivity index (χ0n) is 9.80. The van der Waals surface area contributed by atoms with Crippen LogP contribution in [0.1, 0.15) is 22.3 Å². The van der Waals surface area contributed by atoms with E-state index in [9.17, 15) is 4.79 Å². The molecule has 6 heteroatoms. The first-order chi connectivity index (χ1) is 8.70. The highest BCUT2D eigenvalue weighted by molar-refractivity contribution is 7.99. The maximum Gasteiger partial charge on any atom is 0.251 e. The van der Waals surface area contributed by atoms with Gasteiger partial charge < -0.3 is 16.3 Å².